The average Bonchev–Trinajstić information content (AvgIpc) is 2.47. The molecule has 0 bridgehead atoms. The first-order chi connectivity index (χ1) is 10.5. The number of hydrogen-bond donors (Lipinski definition) is 2. The van der Waals surface area contributed by atoms with Gasteiger partial charge in [-0.2, -0.15) is 0 Å². The van der Waals surface area contributed by atoms with E-state index < -0.39 is 18.0 Å². The van der Waals surface area contributed by atoms with Crippen LogP contribution in [0.25, 0.3) is 0 Å². The predicted octanol–water partition coefficient (Wildman–Crippen LogP) is 2.06. The molecule has 22 heavy (non-hydrogen) atoms. The zero-order valence-corrected chi connectivity index (χ0v) is 11.2. The second-order valence-corrected chi connectivity index (χ2v) is 4.11. The van der Waals surface area contributed by atoms with Crippen LogP contribution in [0.4, 0.5) is 4.79 Å². The molecular formula is C15H11NO6. The maximum Gasteiger partial charge on any atom is 0.409 e. The van der Waals surface area contributed by atoms with Crippen LogP contribution in [0.5, 0.6) is 11.5 Å². The molecule has 2 rings (SSSR count). The second-order valence-electron chi connectivity index (χ2n) is 4.11. The highest BCUT2D eigenvalue weighted by Crippen LogP contribution is 2.23. The SMILES string of the molecule is NC(=O)Oc1ccccc1C(=O)Oc1ccccc1C(=O)O. The van der Waals surface area contributed by atoms with E-state index in [4.69, 9.17) is 20.3 Å². The fourth-order valence-corrected chi connectivity index (χ4v) is 1.72. The zero-order valence-electron chi connectivity index (χ0n) is 11.2. The highest BCUT2D eigenvalue weighted by molar-refractivity contribution is 5.97. The molecular weight excluding hydrogens is 290 g/mol. The Hall–Kier alpha value is -3.35. The van der Waals surface area contributed by atoms with Crippen LogP contribution in [0, 0.1) is 0 Å². The lowest BCUT2D eigenvalue weighted by atomic mass is 10.2. The minimum Gasteiger partial charge on any atom is -0.478 e. The molecule has 0 aromatic heterocycles. The number of benzene rings is 2. The Morgan fingerprint density at radius 3 is 1.86 bits per heavy atom. The lowest BCUT2D eigenvalue weighted by Crippen LogP contribution is -2.19. The quantitative estimate of drug-likeness (QED) is 0.659. The van der Waals surface area contributed by atoms with E-state index >= 15 is 0 Å². The topological polar surface area (TPSA) is 116 Å². The summed E-state index contributed by atoms with van der Waals surface area (Å²) in [7, 11) is 0. The van der Waals surface area contributed by atoms with Gasteiger partial charge < -0.3 is 20.3 Å². The molecule has 0 heterocycles. The van der Waals surface area contributed by atoms with Crippen LogP contribution < -0.4 is 15.2 Å². The molecule has 0 saturated heterocycles. The van der Waals surface area contributed by atoms with Crippen molar-refractivity contribution in [2.24, 2.45) is 5.73 Å². The van der Waals surface area contributed by atoms with Crippen LogP contribution in [-0.2, 0) is 0 Å². The first kappa shape index (κ1) is 15.0. The first-order valence-corrected chi connectivity index (χ1v) is 6.10. The molecule has 0 aliphatic carbocycles. The van der Waals surface area contributed by atoms with Gasteiger partial charge in [-0.3, -0.25) is 0 Å². The van der Waals surface area contributed by atoms with Gasteiger partial charge in [0, 0.05) is 0 Å². The summed E-state index contributed by atoms with van der Waals surface area (Å²) in [4.78, 5) is 34.0. The van der Waals surface area contributed by atoms with Crippen molar-refractivity contribution < 1.29 is 29.0 Å². The number of nitrogens with two attached hydrogens (primary N) is 1. The number of carboxylic acids is 1. The van der Waals surface area contributed by atoms with Crippen LogP contribution in [0.1, 0.15) is 20.7 Å². The molecule has 0 spiro atoms. The number of carboxylic acid groups (broad SMARTS) is 1. The molecule has 2 aromatic carbocycles. The maximum absolute atomic E-state index is 12.1. The summed E-state index contributed by atoms with van der Waals surface area (Å²) >= 11 is 0. The minimum absolute atomic E-state index is 0.0542. The van der Waals surface area contributed by atoms with Crippen LogP contribution in [0.15, 0.2) is 48.5 Å². The van der Waals surface area contributed by atoms with E-state index in [1.165, 1.54) is 42.5 Å². The Bertz CT molecular complexity index is 740. The van der Waals surface area contributed by atoms with Crippen molar-refractivity contribution in [3.05, 3.63) is 59.7 Å². The van der Waals surface area contributed by atoms with E-state index in [1.54, 1.807) is 6.07 Å². The molecule has 0 aliphatic heterocycles. The fourth-order valence-electron chi connectivity index (χ4n) is 1.72. The first-order valence-electron chi connectivity index (χ1n) is 6.10. The van der Waals surface area contributed by atoms with Gasteiger partial charge in [-0.1, -0.05) is 24.3 Å². The molecule has 2 aromatic rings. The Labute approximate surface area is 124 Å². The Morgan fingerprint density at radius 2 is 1.32 bits per heavy atom. The van der Waals surface area contributed by atoms with Gasteiger partial charge in [0.1, 0.15) is 22.6 Å². The monoisotopic (exact) mass is 301 g/mol. The van der Waals surface area contributed by atoms with E-state index in [2.05, 4.69) is 0 Å². The van der Waals surface area contributed by atoms with Crippen molar-refractivity contribution >= 4 is 18.0 Å². The Morgan fingerprint density at radius 1 is 0.818 bits per heavy atom. The van der Waals surface area contributed by atoms with Gasteiger partial charge in [0.25, 0.3) is 0 Å². The molecule has 7 nitrogen and oxygen atoms in total. The van der Waals surface area contributed by atoms with Gasteiger partial charge in [-0.25, -0.2) is 14.4 Å². The van der Waals surface area contributed by atoms with Crippen molar-refractivity contribution in [1.82, 2.24) is 0 Å². The molecule has 0 fully saturated rings. The molecule has 0 radical (unpaired) electrons. The van der Waals surface area contributed by atoms with Crippen molar-refractivity contribution in [2.45, 2.75) is 0 Å². The molecule has 7 heteroatoms. The molecule has 1 amide bonds. The number of esters is 1. The van der Waals surface area contributed by atoms with Gasteiger partial charge in [0.05, 0.1) is 0 Å². The number of hydrogen-bond acceptors (Lipinski definition) is 5. The van der Waals surface area contributed by atoms with Gasteiger partial charge in [0.2, 0.25) is 0 Å². The molecule has 0 unspecified atom stereocenters. The predicted molar refractivity (Wildman–Crippen MR) is 75.0 cm³/mol. The fraction of sp³-hybridized carbons (Fsp3) is 0. The maximum atomic E-state index is 12.1. The standard InChI is InChI=1S/C15H11NO6/c16-15(20)22-12-8-4-2-6-10(12)14(19)21-11-7-3-1-5-9(11)13(17)18/h1-8H,(H2,16,20)(H,17,18). The summed E-state index contributed by atoms with van der Waals surface area (Å²) < 4.78 is 9.77. The molecule has 0 aliphatic rings. The summed E-state index contributed by atoms with van der Waals surface area (Å²) in [5, 5.41) is 9.05. The number of aromatic carboxylic acids is 1. The van der Waals surface area contributed by atoms with E-state index in [-0.39, 0.29) is 22.6 Å². The van der Waals surface area contributed by atoms with Crippen LogP contribution >= 0.6 is 0 Å². The van der Waals surface area contributed by atoms with Crippen molar-refractivity contribution in [2.75, 3.05) is 0 Å². The average molecular weight is 301 g/mol. The van der Waals surface area contributed by atoms with E-state index in [0.29, 0.717) is 0 Å². The lowest BCUT2D eigenvalue weighted by molar-refractivity contribution is 0.0681. The summed E-state index contributed by atoms with van der Waals surface area (Å²) in [5.41, 5.74) is 4.70. The highest BCUT2D eigenvalue weighted by Gasteiger charge is 2.19. The number of amides is 1. The number of carbonyl (C=O) groups is 3. The Kier molecular flexibility index (Phi) is 4.38. The summed E-state index contributed by atoms with van der Waals surface area (Å²) in [5.74, 6) is -2.29. The number of rotatable bonds is 4. The zero-order chi connectivity index (χ0) is 16.1. The smallest absolute Gasteiger partial charge is 0.409 e. The lowest BCUT2D eigenvalue weighted by Gasteiger charge is -2.10. The molecule has 112 valence electrons. The van der Waals surface area contributed by atoms with Gasteiger partial charge in [0.15, 0.2) is 0 Å². The molecule has 0 saturated carbocycles. The normalized spacial score (nSPS) is 9.82. The third kappa shape index (κ3) is 3.40. The molecule has 3 N–H and O–H groups in total. The third-order valence-corrected chi connectivity index (χ3v) is 2.64. The van der Waals surface area contributed by atoms with Crippen molar-refractivity contribution in [3.8, 4) is 11.5 Å². The van der Waals surface area contributed by atoms with Gasteiger partial charge >= 0.3 is 18.0 Å². The van der Waals surface area contributed by atoms with Crippen molar-refractivity contribution in [1.29, 1.82) is 0 Å². The summed E-state index contributed by atoms with van der Waals surface area (Å²) in [6.07, 6.45) is -1.08. The minimum atomic E-state index is -1.23. The Balaban J connectivity index is 2.31. The molecule has 0 atom stereocenters. The van der Waals surface area contributed by atoms with Gasteiger partial charge in [-0.15, -0.1) is 0 Å². The van der Waals surface area contributed by atoms with Crippen LogP contribution in [0.2, 0.25) is 0 Å². The summed E-state index contributed by atoms with van der Waals surface area (Å²) in [6.45, 7) is 0. The number of primary amides is 1. The van der Waals surface area contributed by atoms with Gasteiger partial charge in [-0.05, 0) is 24.3 Å². The van der Waals surface area contributed by atoms with E-state index in [9.17, 15) is 14.4 Å². The van der Waals surface area contributed by atoms with Crippen LogP contribution in [-0.4, -0.2) is 23.1 Å². The van der Waals surface area contributed by atoms with E-state index in [0.717, 1.165) is 0 Å². The number of ether oxygens (including phenoxy) is 2. The largest absolute Gasteiger partial charge is 0.478 e. The second kappa shape index (κ2) is 6.40. The van der Waals surface area contributed by atoms with E-state index in [1.807, 2.05) is 0 Å². The third-order valence-electron chi connectivity index (χ3n) is 2.64. The van der Waals surface area contributed by atoms with Crippen LogP contribution in [0.3, 0.4) is 0 Å². The number of carbonyl (C=O) groups excluding carboxylic acids is 2. The summed E-state index contributed by atoms with van der Waals surface area (Å²) in [6, 6.07) is 11.5. The van der Waals surface area contributed by atoms with Crippen molar-refractivity contribution in [3.63, 3.8) is 0 Å². The number of para-hydroxylation sites is 2. The highest BCUT2D eigenvalue weighted by atomic mass is 16.6.